The van der Waals surface area contributed by atoms with E-state index in [4.69, 9.17) is 25.5 Å². The summed E-state index contributed by atoms with van der Waals surface area (Å²) in [5.41, 5.74) is -0.766. The SMILES string of the molecule is COc1cc(/C=C/C(=O)c2c(O)cc(C)oc2=O)cc(Cl)c1OC. The number of aromatic hydroxyl groups is 1. The first kappa shape index (κ1) is 17.6. The maximum Gasteiger partial charge on any atom is 0.351 e. The van der Waals surface area contributed by atoms with Gasteiger partial charge in [0, 0.05) is 6.07 Å². The molecule has 6 nitrogen and oxygen atoms in total. The second kappa shape index (κ2) is 7.23. The topological polar surface area (TPSA) is 86.0 Å². The number of carbonyl (C=O) groups is 1. The minimum Gasteiger partial charge on any atom is -0.507 e. The van der Waals surface area contributed by atoms with Gasteiger partial charge in [-0.05, 0) is 30.7 Å². The Hall–Kier alpha value is -2.73. The largest absolute Gasteiger partial charge is 0.507 e. The number of aryl methyl sites for hydroxylation is 1. The third-order valence-electron chi connectivity index (χ3n) is 3.18. The predicted molar refractivity (Wildman–Crippen MR) is 89.3 cm³/mol. The fraction of sp³-hybridized carbons (Fsp3) is 0.176. The van der Waals surface area contributed by atoms with Gasteiger partial charge >= 0.3 is 5.63 Å². The summed E-state index contributed by atoms with van der Waals surface area (Å²) in [6.07, 6.45) is 2.58. The Morgan fingerprint density at radius 2 is 1.96 bits per heavy atom. The number of rotatable bonds is 5. The maximum atomic E-state index is 12.1. The van der Waals surface area contributed by atoms with E-state index in [1.165, 1.54) is 33.3 Å². The van der Waals surface area contributed by atoms with Crippen LogP contribution in [0.5, 0.6) is 17.2 Å². The molecule has 0 atom stereocenters. The van der Waals surface area contributed by atoms with Crippen molar-refractivity contribution in [2.24, 2.45) is 0 Å². The second-order valence-electron chi connectivity index (χ2n) is 4.84. The fourth-order valence-corrected chi connectivity index (χ4v) is 2.41. The van der Waals surface area contributed by atoms with Crippen LogP contribution in [-0.4, -0.2) is 25.1 Å². The minimum atomic E-state index is -0.896. The van der Waals surface area contributed by atoms with Gasteiger partial charge < -0.3 is 19.0 Å². The first-order valence-electron chi connectivity index (χ1n) is 6.85. The van der Waals surface area contributed by atoms with Crippen LogP contribution in [0.3, 0.4) is 0 Å². The van der Waals surface area contributed by atoms with Crippen LogP contribution in [0.4, 0.5) is 0 Å². The first-order chi connectivity index (χ1) is 11.4. The molecule has 0 fully saturated rings. The molecule has 0 aliphatic rings. The monoisotopic (exact) mass is 350 g/mol. The van der Waals surface area contributed by atoms with Crippen LogP contribution in [0.2, 0.25) is 5.02 Å². The van der Waals surface area contributed by atoms with E-state index in [0.29, 0.717) is 22.1 Å². The van der Waals surface area contributed by atoms with Gasteiger partial charge in [0.2, 0.25) is 0 Å². The molecule has 1 aromatic carbocycles. The van der Waals surface area contributed by atoms with Crippen LogP contribution in [0, 0.1) is 6.92 Å². The van der Waals surface area contributed by atoms with Crippen molar-refractivity contribution in [3.05, 3.63) is 56.6 Å². The average Bonchev–Trinajstić information content (AvgIpc) is 2.51. The molecular formula is C17H15ClO6. The quantitative estimate of drug-likeness (QED) is 0.658. The van der Waals surface area contributed by atoms with Gasteiger partial charge in [-0.25, -0.2) is 4.79 Å². The third-order valence-corrected chi connectivity index (χ3v) is 3.46. The van der Waals surface area contributed by atoms with Crippen LogP contribution in [-0.2, 0) is 0 Å². The molecule has 0 unspecified atom stereocenters. The van der Waals surface area contributed by atoms with Gasteiger partial charge in [-0.3, -0.25) is 4.79 Å². The molecule has 1 heterocycles. The number of hydrogen-bond donors (Lipinski definition) is 1. The zero-order valence-electron chi connectivity index (χ0n) is 13.3. The molecule has 0 radical (unpaired) electrons. The molecule has 7 heteroatoms. The van der Waals surface area contributed by atoms with Gasteiger partial charge in [-0.2, -0.15) is 0 Å². The Kier molecular flexibility index (Phi) is 5.31. The fourth-order valence-electron chi connectivity index (χ4n) is 2.11. The highest BCUT2D eigenvalue weighted by atomic mass is 35.5. The van der Waals surface area contributed by atoms with Gasteiger partial charge in [-0.15, -0.1) is 0 Å². The van der Waals surface area contributed by atoms with Crippen molar-refractivity contribution >= 4 is 23.5 Å². The molecule has 0 bridgehead atoms. The Morgan fingerprint density at radius 1 is 1.25 bits per heavy atom. The number of methoxy groups -OCH3 is 2. The lowest BCUT2D eigenvalue weighted by Gasteiger charge is -2.10. The van der Waals surface area contributed by atoms with Crippen molar-refractivity contribution in [3.8, 4) is 17.2 Å². The molecular weight excluding hydrogens is 336 g/mol. The smallest absolute Gasteiger partial charge is 0.351 e. The van der Waals surface area contributed by atoms with Gasteiger partial charge in [0.05, 0.1) is 19.2 Å². The number of allylic oxidation sites excluding steroid dienone is 1. The van der Waals surface area contributed by atoms with E-state index < -0.39 is 22.7 Å². The van der Waals surface area contributed by atoms with Gasteiger partial charge in [0.25, 0.3) is 0 Å². The average molecular weight is 351 g/mol. The Balaban J connectivity index is 2.37. The Morgan fingerprint density at radius 3 is 2.54 bits per heavy atom. The molecule has 2 rings (SSSR count). The molecule has 24 heavy (non-hydrogen) atoms. The summed E-state index contributed by atoms with van der Waals surface area (Å²) in [7, 11) is 2.92. The van der Waals surface area contributed by atoms with E-state index in [9.17, 15) is 14.7 Å². The van der Waals surface area contributed by atoms with Crippen molar-refractivity contribution < 1.29 is 23.8 Å². The lowest BCUT2D eigenvalue weighted by molar-refractivity contribution is 0.104. The lowest BCUT2D eigenvalue weighted by atomic mass is 10.1. The van der Waals surface area contributed by atoms with Crippen LogP contribution in [0.25, 0.3) is 6.08 Å². The Bertz CT molecular complexity index is 866. The van der Waals surface area contributed by atoms with Gasteiger partial charge in [0.15, 0.2) is 17.3 Å². The number of carbonyl (C=O) groups excluding carboxylic acids is 1. The van der Waals surface area contributed by atoms with E-state index >= 15 is 0 Å². The number of halogens is 1. The zero-order chi connectivity index (χ0) is 17.9. The summed E-state index contributed by atoms with van der Waals surface area (Å²) in [6, 6.07) is 4.39. The van der Waals surface area contributed by atoms with Crippen molar-refractivity contribution in [1.29, 1.82) is 0 Å². The summed E-state index contributed by atoms with van der Waals surface area (Å²) < 4.78 is 15.1. The molecule has 1 aromatic heterocycles. The number of ketones is 1. The molecule has 0 amide bonds. The highest BCUT2D eigenvalue weighted by molar-refractivity contribution is 6.32. The molecule has 126 valence electrons. The highest BCUT2D eigenvalue weighted by Crippen LogP contribution is 2.36. The van der Waals surface area contributed by atoms with E-state index in [2.05, 4.69) is 0 Å². The molecule has 2 aromatic rings. The molecule has 0 saturated carbocycles. The first-order valence-corrected chi connectivity index (χ1v) is 7.22. The van der Waals surface area contributed by atoms with Crippen molar-refractivity contribution in [2.75, 3.05) is 14.2 Å². The molecule has 1 N–H and O–H groups in total. The number of hydrogen-bond acceptors (Lipinski definition) is 6. The zero-order valence-corrected chi connectivity index (χ0v) is 14.0. The van der Waals surface area contributed by atoms with Crippen molar-refractivity contribution in [1.82, 2.24) is 0 Å². The third kappa shape index (κ3) is 3.60. The minimum absolute atomic E-state index is 0.213. The predicted octanol–water partition coefficient (Wildman–Crippen LogP) is 3.22. The summed E-state index contributed by atoms with van der Waals surface area (Å²) in [5, 5.41) is 10.1. The summed E-state index contributed by atoms with van der Waals surface area (Å²) in [6.45, 7) is 1.50. The highest BCUT2D eigenvalue weighted by Gasteiger charge is 2.16. The summed E-state index contributed by atoms with van der Waals surface area (Å²) >= 11 is 6.08. The lowest BCUT2D eigenvalue weighted by Crippen LogP contribution is -2.12. The summed E-state index contributed by atoms with van der Waals surface area (Å²) in [5.74, 6) is -0.130. The molecule has 0 saturated heterocycles. The van der Waals surface area contributed by atoms with E-state index in [1.807, 2.05) is 0 Å². The molecule has 0 aliphatic heterocycles. The second-order valence-corrected chi connectivity index (χ2v) is 5.25. The summed E-state index contributed by atoms with van der Waals surface area (Å²) in [4.78, 5) is 23.9. The van der Waals surface area contributed by atoms with E-state index in [-0.39, 0.29) is 5.76 Å². The molecule has 0 aliphatic carbocycles. The van der Waals surface area contributed by atoms with Crippen molar-refractivity contribution in [2.45, 2.75) is 6.92 Å². The van der Waals surface area contributed by atoms with Gasteiger partial charge in [-0.1, -0.05) is 17.7 Å². The maximum absolute atomic E-state index is 12.1. The van der Waals surface area contributed by atoms with Crippen molar-refractivity contribution in [3.63, 3.8) is 0 Å². The van der Waals surface area contributed by atoms with Crippen LogP contribution < -0.4 is 15.1 Å². The normalized spacial score (nSPS) is 10.8. The van der Waals surface area contributed by atoms with Gasteiger partial charge in [0.1, 0.15) is 17.1 Å². The van der Waals surface area contributed by atoms with E-state index in [0.717, 1.165) is 6.08 Å². The van der Waals surface area contributed by atoms with Crippen LogP contribution in [0.1, 0.15) is 21.7 Å². The number of ether oxygens (including phenoxy) is 2. The Labute approximate surface area is 142 Å². The van der Waals surface area contributed by atoms with Crippen LogP contribution in [0.15, 0.2) is 33.5 Å². The molecule has 0 spiro atoms. The standard InChI is InChI=1S/C17H15ClO6/c1-9-6-13(20)15(17(21)24-9)12(19)5-4-10-7-11(18)16(23-3)14(8-10)22-2/h4-8,20H,1-3H3/b5-4+. The van der Waals surface area contributed by atoms with E-state index in [1.54, 1.807) is 12.1 Å². The number of benzene rings is 1. The van der Waals surface area contributed by atoms with Crippen LogP contribution >= 0.6 is 11.6 Å².